The highest BCUT2D eigenvalue weighted by molar-refractivity contribution is 4.80. The highest BCUT2D eigenvalue weighted by Crippen LogP contribution is 2.05. The van der Waals surface area contributed by atoms with Gasteiger partial charge in [0.25, 0.3) is 0 Å². The van der Waals surface area contributed by atoms with Gasteiger partial charge >= 0.3 is 0 Å². The maximum atomic E-state index is 3.00. The third-order valence-corrected chi connectivity index (χ3v) is 2.10. The molecule has 0 fully saturated rings. The van der Waals surface area contributed by atoms with Gasteiger partial charge in [0, 0.05) is 0 Å². The molecule has 0 aromatic carbocycles. The van der Waals surface area contributed by atoms with E-state index in [1.165, 1.54) is 51.4 Å². The Bertz CT molecular complexity index is 103. The second-order valence-electron chi connectivity index (χ2n) is 3.46. The van der Waals surface area contributed by atoms with Crippen molar-refractivity contribution in [2.24, 2.45) is 0 Å². The Balaban J connectivity index is 0. The molecule has 0 aliphatic carbocycles. The van der Waals surface area contributed by atoms with Gasteiger partial charge in [-0.1, -0.05) is 58.1 Å². The first kappa shape index (κ1) is 15.9. The molecule has 0 bridgehead atoms. The molecule has 14 heavy (non-hydrogen) atoms. The van der Waals surface area contributed by atoms with Gasteiger partial charge in [-0.15, -0.1) is 13.2 Å². The topological polar surface area (TPSA) is 0 Å². The van der Waals surface area contributed by atoms with Crippen LogP contribution in [-0.2, 0) is 0 Å². The minimum Gasteiger partial charge on any atom is -0.106 e. The summed E-state index contributed by atoms with van der Waals surface area (Å²) in [5.74, 6) is 0. The maximum absolute atomic E-state index is 3.00. The number of rotatable bonds is 8. The molecule has 0 aliphatic heterocycles. The molecule has 0 spiro atoms. The lowest BCUT2D eigenvalue weighted by atomic mass is 10.1. The second-order valence-corrected chi connectivity index (χ2v) is 3.46. The molecular formula is C14H28. The van der Waals surface area contributed by atoms with E-state index in [-0.39, 0.29) is 0 Å². The van der Waals surface area contributed by atoms with Crippen LogP contribution in [0.15, 0.2) is 25.3 Å². The normalized spacial score (nSPS) is 9.86. The molecule has 0 saturated heterocycles. The fraction of sp³-hybridized carbons (Fsp3) is 0.714. The van der Waals surface area contributed by atoms with Gasteiger partial charge in [0.15, 0.2) is 0 Å². The molecule has 0 amide bonds. The van der Waals surface area contributed by atoms with Crippen molar-refractivity contribution < 1.29 is 0 Å². The molecule has 0 atom stereocenters. The van der Waals surface area contributed by atoms with Crippen molar-refractivity contribution in [2.45, 2.75) is 65.2 Å². The van der Waals surface area contributed by atoms with Crippen molar-refractivity contribution in [3.8, 4) is 0 Å². The molecule has 0 unspecified atom stereocenters. The van der Waals surface area contributed by atoms with E-state index in [0.717, 1.165) is 0 Å². The SMILES string of the molecule is C=C.CCCC=CCCCCCCC. The molecule has 0 nitrogen and oxygen atoms in total. The summed E-state index contributed by atoms with van der Waals surface area (Å²) in [5.41, 5.74) is 0. The van der Waals surface area contributed by atoms with Crippen molar-refractivity contribution in [2.75, 3.05) is 0 Å². The second kappa shape index (κ2) is 18.3. The van der Waals surface area contributed by atoms with Gasteiger partial charge in [0.1, 0.15) is 0 Å². The van der Waals surface area contributed by atoms with Crippen LogP contribution in [0.5, 0.6) is 0 Å². The van der Waals surface area contributed by atoms with E-state index in [4.69, 9.17) is 0 Å². The lowest BCUT2D eigenvalue weighted by Crippen LogP contribution is -1.75. The third-order valence-electron chi connectivity index (χ3n) is 2.10. The first-order valence-electron chi connectivity index (χ1n) is 6.06. The fourth-order valence-electron chi connectivity index (χ4n) is 1.27. The first-order valence-corrected chi connectivity index (χ1v) is 6.06. The minimum atomic E-state index is 1.26. The average Bonchev–Trinajstić information content (AvgIpc) is 2.25. The summed E-state index contributed by atoms with van der Waals surface area (Å²) in [6, 6.07) is 0. The zero-order valence-electron chi connectivity index (χ0n) is 10.2. The van der Waals surface area contributed by atoms with Gasteiger partial charge < -0.3 is 0 Å². The van der Waals surface area contributed by atoms with Crippen molar-refractivity contribution in [1.82, 2.24) is 0 Å². The summed E-state index contributed by atoms with van der Waals surface area (Å²) in [6.45, 7) is 10.5. The van der Waals surface area contributed by atoms with Crippen molar-refractivity contribution in [3.05, 3.63) is 25.3 Å². The number of hydrogen-bond donors (Lipinski definition) is 0. The number of allylic oxidation sites excluding steroid dienone is 2. The summed E-state index contributed by atoms with van der Waals surface area (Å²) < 4.78 is 0. The summed E-state index contributed by atoms with van der Waals surface area (Å²) in [5, 5.41) is 0. The summed E-state index contributed by atoms with van der Waals surface area (Å²) in [6.07, 6.45) is 15.5. The monoisotopic (exact) mass is 196 g/mol. The van der Waals surface area contributed by atoms with Crippen LogP contribution < -0.4 is 0 Å². The van der Waals surface area contributed by atoms with Gasteiger partial charge in [0.2, 0.25) is 0 Å². The highest BCUT2D eigenvalue weighted by Gasteiger charge is 1.85. The molecule has 0 radical (unpaired) electrons. The van der Waals surface area contributed by atoms with E-state index in [0.29, 0.717) is 0 Å². The molecule has 84 valence electrons. The van der Waals surface area contributed by atoms with Crippen molar-refractivity contribution in [1.29, 1.82) is 0 Å². The van der Waals surface area contributed by atoms with Crippen LogP contribution in [0.1, 0.15) is 65.2 Å². The zero-order valence-corrected chi connectivity index (χ0v) is 10.2. The Morgan fingerprint density at radius 1 is 0.714 bits per heavy atom. The number of unbranched alkanes of at least 4 members (excludes halogenated alkanes) is 6. The fourth-order valence-corrected chi connectivity index (χ4v) is 1.27. The molecule has 0 N–H and O–H groups in total. The Morgan fingerprint density at radius 2 is 1.29 bits per heavy atom. The van der Waals surface area contributed by atoms with Gasteiger partial charge in [0.05, 0.1) is 0 Å². The lowest BCUT2D eigenvalue weighted by molar-refractivity contribution is 0.637. The Labute approximate surface area is 91.1 Å². The molecular weight excluding hydrogens is 168 g/mol. The predicted octanol–water partition coefficient (Wildman–Crippen LogP) is 5.51. The molecule has 0 aliphatic rings. The zero-order chi connectivity index (χ0) is 11.1. The van der Waals surface area contributed by atoms with E-state index < -0.39 is 0 Å². The molecule has 0 aromatic heterocycles. The molecule has 0 aromatic rings. The van der Waals surface area contributed by atoms with Gasteiger partial charge in [-0.25, -0.2) is 0 Å². The molecule has 0 saturated carbocycles. The predicted molar refractivity (Wildman–Crippen MR) is 68.7 cm³/mol. The summed E-state index contributed by atoms with van der Waals surface area (Å²) in [7, 11) is 0. The third kappa shape index (κ3) is 17.5. The van der Waals surface area contributed by atoms with Crippen LogP contribution >= 0.6 is 0 Å². The number of hydrogen-bond acceptors (Lipinski definition) is 0. The van der Waals surface area contributed by atoms with Crippen LogP contribution in [-0.4, -0.2) is 0 Å². The van der Waals surface area contributed by atoms with Crippen LogP contribution in [0.4, 0.5) is 0 Å². The summed E-state index contributed by atoms with van der Waals surface area (Å²) >= 11 is 0. The van der Waals surface area contributed by atoms with Crippen LogP contribution in [0, 0.1) is 0 Å². The Hall–Kier alpha value is -0.520. The van der Waals surface area contributed by atoms with Crippen molar-refractivity contribution >= 4 is 0 Å². The van der Waals surface area contributed by atoms with Gasteiger partial charge in [-0.3, -0.25) is 0 Å². The quantitative estimate of drug-likeness (QED) is 0.355. The maximum Gasteiger partial charge on any atom is -0.0351 e. The minimum absolute atomic E-state index is 1.26. The standard InChI is InChI=1S/C12H24.C2H4/c1-3-5-7-9-11-12-10-8-6-4-2;1-2/h7,9H,3-6,8,10-12H2,1-2H3;1-2H2. The van der Waals surface area contributed by atoms with E-state index in [1.54, 1.807) is 0 Å². The van der Waals surface area contributed by atoms with E-state index in [1.807, 2.05) is 0 Å². The van der Waals surface area contributed by atoms with E-state index >= 15 is 0 Å². The van der Waals surface area contributed by atoms with E-state index in [2.05, 4.69) is 39.2 Å². The summed E-state index contributed by atoms with van der Waals surface area (Å²) in [4.78, 5) is 0. The van der Waals surface area contributed by atoms with Crippen LogP contribution in [0.25, 0.3) is 0 Å². The van der Waals surface area contributed by atoms with Crippen LogP contribution in [0.2, 0.25) is 0 Å². The average molecular weight is 196 g/mol. The van der Waals surface area contributed by atoms with Crippen molar-refractivity contribution in [3.63, 3.8) is 0 Å². The molecule has 0 rings (SSSR count). The van der Waals surface area contributed by atoms with Gasteiger partial charge in [-0.2, -0.15) is 0 Å². The van der Waals surface area contributed by atoms with E-state index in [9.17, 15) is 0 Å². The Morgan fingerprint density at radius 3 is 1.86 bits per heavy atom. The highest BCUT2D eigenvalue weighted by atomic mass is 13.9. The Kier molecular flexibility index (Phi) is 20.8. The lowest BCUT2D eigenvalue weighted by Gasteiger charge is -1.95. The smallest absolute Gasteiger partial charge is 0.0351 e. The van der Waals surface area contributed by atoms with Crippen LogP contribution in [0.3, 0.4) is 0 Å². The molecule has 0 heterocycles. The molecule has 0 heteroatoms. The van der Waals surface area contributed by atoms with Gasteiger partial charge in [-0.05, 0) is 19.3 Å². The first-order chi connectivity index (χ1) is 6.91. The largest absolute Gasteiger partial charge is 0.106 e.